The second kappa shape index (κ2) is 5.75. The van der Waals surface area contributed by atoms with E-state index in [4.69, 9.17) is 14.0 Å². The first-order valence-electron chi connectivity index (χ1n) is 8.79. The summed E-state index contributed by atoms with van der Waals surface area (Å²) in [6.45, 7) is 0.969. The molecule has 0 radical (unpaired) electrons. The zero-order chi connectivity index (χ0) is 16.8. The Labute approximate surface area is 144 Å². The van der Waals surface area contributed by atoms with E-state index in [9.17, 15) is 4.79 Å². The van der Waals surface area contributed by atoms with Crippen LogP contribution < -0.4 is 9.47 Å². The van der Waals surface area contributed by atoms with Gasteiger partial charge >= 0.3 is 0 Å². The van der Waals surface area contributed by atoms with E-state index >= 15 is 0 Å². The number of nitrogens with zero attached hydrogens (tertiary/aromatic N) is 3. The van der Waals surface area contributed by atoms with Gasteiger partial charge in [-0.25, -0.2) is 0 Å². The number of aromatic nitrogens is 2. The van der Waals surface area contributed by atoms with E-state index < -0.39 is 0 Å². The molecule has 1 saturated heterocycles. The van der Waals surface area contributed by atoms with E-state index in [-0.39, 0.29) is 18.7 Å². The quantitative estimate of drug-likeness (QED) is 0.850. The Morgan fingerprint density at radius 2 is 2.08 bits per heavy atom. The molecule has 5 rings (SSSR count). The molecule has 7 heteroatoms. The Balaban J connectivity index is 1.31. The summed E-state index contributed by atoms with van der Waals surface area (Å²) in [6, 6.07) is 5.55. The van der Waals surface area contributed by atoms with Crippen LogP contribution in [0.4, 0.5) is 0 Å². The predicted octanol–water partition coefficient (Wildman–Crippen LogP) is 2.58. The third-order valence-corrected chi connectivity index (χ3v) is 5.05. The minimum atomic E-state index is -0.0958. The van der Waals surface area contributed by atoms with Crippen molar-refractivity contribution < 1.29 is 18.8 Å². The number of rotatable bonds is 4. The molecule has 2 fully saturated rings. The van der Waals surface area contributed by atoms with E-state index in [1.165, 1.54) is 0 Å². The molecule has 2 aliphatic heterocycles. The Morgan fingerprint density at radius 3 is 2.96 bits per heavy atom. The topological polar surface area (TPSA) is 77.7 Å². The monoisotopic (exact) mass is 341 g/mol. The zero-order valence-electron chi connectivity index (χ0n) is 13.8. The van der Waals surface area contributed by atoms with Crippen LogP contribution in [0, 0.1) is 0 Å². The summed E-state index contributed by atoms with van der Waals surface area (Å²) in [7, 11) is 0. The maximum Gasteiger partial charge on any atom is 0.249 e. The molecule has 1 amide bonds. The number of likely N-dealkylation sites (tertiary alicyclic amines) is 1. The Kier molecular flexibility index (Phi) is 3.39. The smallest absolute Gasteiger partial charge is 0.249 e. The number of carbonyl (C=O) groups excluding carboxylic acids is 1. The van der Waals surface area contributed by atoms with Crippen LogP contribution in [0.5, 0.6) is 11.5 Å². The lowest BCUT2D eigenvalue weighted by molar-refractivity contribution is -0.131. The van der Waals surface area contributed by atoms with Gasteiger partial charge in [0.15, 0.2) is 17.3 Å². The van der Waals surface area contributed by atoms with Crippen LogP contribution in [0.1, 0.15) is 54.9 Å². The highest BCUT2D eigenvalue weighted by Gasteiger charge is 2.36. The van der Waals surface area contributed by atoms with Crippen molar-refractivity contribution in [2.24, 2.45) is 0 Å². The van der Waals surface area contributed by atoms with E-state index in [0.717, 1.165) is 49.4 Å². The van der Waals surface area contributed by atoms with E-state index in [1.807, 2.05) is 23.1 Å². The molecule has 1 unspecified atom stereocenters. The Bertz CT molecular complexity index is 814. The SMILES string of the molecule is O=C(Cc1ccc2c(c1)OCO2)N1CCCC1c1nc(C2CC2)no1. The Hall–Kier alpha value is -2.57. The molecule has 0 N–H and O–H groups in total. The number of hydrogen-bond acceptors (Lipinski definition) is 6. The van der Waals surface area contributed by atoms with Gasteiger partial charge in [-0.05, 0) is 43.4 Å². The van der Waals surface area contributed by atoms with E-state index in [2.05, 4.69) is 10.1 Å². The van der Waals surface area contributed by atoms with Crippen LogP contribution in [0.15, 0.2) is 22.7 Å². The third kappa shape index (κ3) is 2.73. The molecular weight excluding hydrogens is 322 g/mol. The summed E-state index contributed by atoms with van der Waals surface area (Å²) in [4.78, 5) is 19.2. The van der Waals surface area contributed by atoms with Crippen molar-refractivity contribution in [1.82, 2.24) is 15.0 Å². The molecule has 1 aromatic carbocycles. The van der Waals surface area contributed by atoms with Gasteiger partial charge in [-0.1, -0.05) is 11.2 Å². The summed E-state index contributed by atoms with van der Waals surface area (Å²) in [5, 5.41) is 4.09. The van der Waals surface area contributed by atoms with Crippen molar-refractivity contribution in [3.63, 3.8) is 0 Å². The summed E-state index contributed by atoms with van der Waals surface area (Å²) in [5.41, 5.74) is 0.920. The van der Waals surface area contributed by atoms with Gasteiger partial charge in [0, 0.05) is 12.5 Å². The lowest BCUT2D eigenvalue weighted by atomic mass is 10.1. The number of hydrogen-bond donors (Lipinski definition) is 0. The van der Waals surface area contributed by atoms with Crippen LogP contribution >= 0.6 is 0 Å². The van der Waals surface area contributed by atoms with Gasteiger partial charge in [0.2, 0.25) is 18.6 Å². The van der Waals surface area contributed by atoms with Crippen molar-refractivity contribution >= 4 is 5.91 Å². The number of fused-ring (bicyclic) bond motifs is 1. The van der Waals surface area contributed by atoms with Crippen molar-refractivity contribution in [1.29, 1.82) is 0 Å². The normalized spacial score (nSPS) is 21.8. The molecule has 3 aliphatic rings. The zero-order valence-corrected chi connectivity index (χ0v) is 13.8. The number of carbonyl (C=O) groups is 1. The van der Waals surface area contributed by atoms with Crippen molar-refractivity contribution in [2.45, 2.75) is 44.1 Å². The second-order valence-electron chi connectivity index (χ2n) is 6.87. The highest BCUT2D eigenvalue weighted by molar-refractivity contribution is 5.79. The molecule has 1 atom stereocenters. The molecule has 2 aromatic rings. The molecule has 1 aromatic heterocycles. The van der Waals surface area contributed by atoms with Gasteiger partial charge in [0.1, 0.15) is 6.04 Å². The molecule has 0 spiro atoms. The maximum atomic E-state index is 12.8. The standard InChI is InChI=1S/C18H19N3O4/c22-16(9-11-3-6-14-15(8-11)24-10-23-14)21-7-1-2-13(21)18-19-17(20-25-18)12-4-5-12/h3,6,8,12-13H,1-2,4-5,7,9-10H2. The predicted molar refractivity (Wildman–Crippen MR) is 86.2 cm³/mol. The van der Waals surface area contributed by atoms with E-state index in [1.54, 1.807) is 0 Å². The minimum absolute atomic E-state index is 0.0764. The lowest BCUT2D eigenvalue weighted by Crippen LogP contribution is -2.32. The number of ether oxygens (including phenoxy) is 2. The van der Waals surface area contributed by atoms with Crippen LogP contribution in [-0.2, 0) is 11.2 Å². The van der Waals surface area contributed by atoms with E-state index in [0.29, 0.717) is 24.0 Å². The number of benzene rings is 1. The molecule has 1 aliphatic carbocycles. The molecule has 1 saturated carbocycles. The minimum Gasteiger partial charge on any atom is -0.454 e. The molecule has 25 heavy (non-hydrogen) atoms. The van der Waals surface area contributed by atoms with Gasteiger partial charge < -0.3 is 18.9 Å². The van der Waals surface area contributed by atoms with Crippen molar-refractivity contribution in [3.05, 3.63) is 35.5 Å². The highest BCUT2D eigenvalue weighted by Crippen LogP contribution is 2.40. The summed E-state index contributed by atoms with van der Waals surface area (Å²) in [5.74, 6) is 3.34. The maximum absolute atomic E-state index is 12.8. The van der Waals surface area contributed by atoms with Crippen LogP contribution in [0.25, 0.3) is 0 Å². The third-order valence-electron chi connectivity index (χ3n) is 5.05. The van der Waals surface area contributed by atoms with Crippen LogP contribution in [0.3, 0.4) is 0 Å². The fourth-order valence-corrected chi connectivity index (χ4v) is 3.54. The first kappa shape index (κ1) is 14.7. The largest absolute Gasteiger partial charge is 0.454 e. The first-order chi connectivity index (χ1) is 12.3. The first-order valence-corrected chi connectivity index (χ1v) is 8.79. The van der Waals surface area contributed by atoms with Crippen LogP contribution in [0.2, 0.25) is 0 Å². The van der Waals surface area contributed by atoms with Crippen molar-refractivity contribution in [2.75, 3.05) is 13.3 Å². The highest BCUT2D eigenvalue weighted by atomic mass is 16.7. The van der Waals surface area contributed by atoms with Gasteiger partial charge in [0.25, 0.3) is 0 Å². The lowest BCUT2D eigenvalue weighted by Gasteiger charge is -2.22. The second-order valence-corrected chi connectivity index (χ2v) is 6.87. The van der Waals surface area contributed by atoms with Crippen molar-refractivity contribution in [3.8, 4) is 11.5 Å². The average Bonchev–Trinajstić information content (AvgIpc) is 3.06. The molecular formula is C18H19N3O4. The van der Waals surface area contributed by atoms with Gasteiger partial charge in [-0.3, -0.25) is 4.79 Å². The van der Waals surface area contributed by atoms with Crippen LogP contribution in [-0.4, -0.2) is 34.3 Å². The average molecular weight is 341 g/mol. The van der Waals surface area contributed by atoms with Gasteiger partial charge in [-0.2, -0.15) is 4.98 Å². The molecule has 0 bridgehead atoms. The fraction of sp³-hybridized carbons (Fsp3) is 0.500. The summed E-state index contributed by atoms with van der Waals surface area (Å²) < 4.78 is 16.2. The molecule has 3 heterocycles. The fourth-order valence-electron chi connectivity index (χ4n) is 3.54. The molecule has 7 nitrogen and oxygen atoms in total. The molecule has 130 valence electrons. The number of amides is 1. The Morgan fingerprint density at radius 1 is 1.20 bits per heavy atom. The van der Waals surface area contributed by atoms with Gasteiger partial charge in [0.05, 0.1) is 6.42 Å². The van der Waals surface area contributed by atoms with Gasteiger partial charge in [-0.15, -0.1) is 0 Å². The summed E-state index contributed by atoms with van der Waals surface area (Å²) in [6.07, 6.45) is 4.43. The summed E-state index contributed by atoms with van der Waals surface area (Å²) >= 11 is 0.